The van der Waals surface area contributed by atoms with Crippen LogP contribution < -0.4 is 10.6 Å². The van der Waals surface area contributed by atoms with Crippen LogP contribution in [0.5, 0.6) is 0 Å². The number of amides is 1. The number of nitrogens with zero attached hydrogens (tertiary/aromatic N) is 3. The molecule has 1 saturated heterocycles. The van der Waals surface area contributed by atoms with E-state index in [1.54, 1.807) is 0 Å². The molecule has 0 spiro atoms. The summed E-state index contributed by atoms with van der Waals surface area (Å²) in [4.78, 5) is 14.6. The Labute approximate surface area is 176 Å². The predicted molar refractivity (Wildman–Crippen MR) is 104 cm³/mol. The molecule has 2 atom stereocenters. The SMILES string of the molecule is O=C(NCCN1CCOCC1)c1cc2n(n1)[C@H](C(F)(F)F)C[C@@H](c1ccc(F)cc1)N2. The molecule has 1 aromatic carbocycles. The van der Waals surface area contributed by atoms with Crippen molar-refractivity contribution < 1.29 is 27.1 Å². The highest BCUT2D eigenvalue weighted by molar-refractivity contribution is 5.93. The van der Waals surface area contributed by atoms with Gasteiger partial charge in [0.05, 0.1) is 19.3 Å². The number of halogens is 4. The van der Waals surface area contributed by atoms with E-state index < -0.39 is 30.0 Å². The third-order valence-electron chi connectivity index (χ3n) is 5.51. The molecule has 31 heavy (non-hydrogen) atoms. The molecule has 11 heteroatoms. The molecule has 1 fully saturated rings. The molecular formula is C20H23F4N5O2. The first kappa shape index (κ1) is 21.6. The topological polar surface area (TPSA) is 71.4 Å². The van der Waals surface area contributed by atoms with Crippen LogP contribution in [0.15, 0.2) is 30.3 Å². The molecule has 0 unspecified atom stereocenters. The molecule has 2 aliphatic heterocycles. The lowest BCUT2D eigenvalue weighted by Crippen LogP contribution is -2.41. The zero-order valence-corrected chi connectivity index (χ0v) is 16.7. The number of carbonyl (C=O) groups is 1. The van der Waals surface area contributed by atoms with Crippen molar-refractivity contribution in [2.24, 2.45) is 0 Å². The smallest absolute Gasteiger partial charge is 0.379 e. The average molecular weight is 441 g/mol. The summed E-state index contributed by atoms with van der Waals surface area (Å²) in [5, 5.41) is 9.64. The van der Waals surface area contributed by atoms with Gasteiger partial charge in [0.25, 0.3) is 5.91 Å². The lowest BCUT2D eigenvalue weighted by atomic mass is 9.97. The van der Waals surface area contributed by atoms with Crippen molar-refractivity contribution in [2.75, 3.05) is 44.7 Å². The molecule has 3 heterocycles. The monoisotopic (exact) mass is 441 g/mol. The van der Waals surface area contributed by atoms with Gasteiger partial charge in [-0.15, -0.1) is 0 Å². The fourth-order valence-electron chi connectivity index (χ4n) is 3.84. The van der Waals surface area contributed by atoms with Crippen molar-refractivity contribution in [1.29, 1.82) is 0 Å². The largest absolute Gasteiger partial charge is 0.410 e. The van der Waals surface area contributed by atoms with Crippen molar-refractivity contribution >= 4 is 11.7 Å². The van der Waals surface area contributed by atoms with Crippen LogP contribution in [0.1, 0.15) is 34.6 Å². The number of carbonyl (C=O) groups excluding carboxylic acids is 1. The summed E-state index contributed by atoms with van der Waals surface area (Å²) in [5.74, 6) is -0.898. The molecule has 4 rings (SSSR count). The number of alkyl halides is 3. The predicted octanol–water partition coefficient (Wildman–Crippen LogP) is 2.74. The van der Waals surface area contributed by atoms with Crippen LogP contribution in [0, 0.1) is 5.82 Å². The Morgan fingerprint density at radius 2 is 1.94 bits per heavy atom. The van der Waals surface area contributed by atoms with Crippen molar-refractivity contribution in [2.45, 2.75) is 24.7 Å². The number of fused-ring (bicyclic) bond motifs is 1. The molecule has 1 amide bonds. The standard InChI is InChI=1S/C20H23F4N5O2/c21-14-3-1-13(2-4-14)15-11-17(20(22,23)24)29-18(26-15)12-16(27-29)19(30)25-5-6-28-7-9-31-10-8-28/h1-4,12,15,17,26H,5-11H2,(H,25,30)/t15-,17-/m0/s1. The molecule has 2 N–H and O–H groups in total. The van der Waals surface area contributed by atoms with E-state index in [4.69, 9.17) is 4.74 Å². The third kappa shape index (κ3) is 4.99. The van der Waals surface area contributed by atoms with Gasteiger partial charge < -0.3 is 15.4 Å². The van der Waals surface area contributed by atoms with E-state index in [-0.39, 0.29) is 17.9 Å². The molecule has 0 aliphatic carbocycles. The van der Waals surface area contributed by atoms with Gasteiger partial charge >= 0.3 is 6.18 Å². The first-order chi connectivity index (χ1) is 14.8. The van der Waals surface area contributed by atoms with E-state index in [1.807, 2.05) is 0 Å². The Balaban J connectivity index is 1.48. The van der Waals surface area contributed by atoms with E-state index >= 15 is 0 Å². The molecule has 2 aliphatic rings. The quantitative estimate of drug-likeness (QED) is 0.699. The van der Waals surface area contributed by atoms with E-state index in [9.17, 15) is 22.4 Å². The van der Waals surface area contributed by atoms with Gasteiger partial charge in [-0.05, 0) is 17.7 Å². The molecule has 0 bridgehead atoms. The lowest BCUT2D eigenvalue weighted by Gasteiger charge is -2.33. The Bertz CT molecular complexity index is 909. The van der Waals surface area contributed by atoms with Gasteiger partial charge in [-0.3, -0.25) is 9.69 Å². The zero-order chi connectivity index (χ0) is 22.0. The average Bonchev–Trinajstić information content (AvgIpc) is 3.18. The second-order valence-electron chi connectivity index (χ2n) is 7.61. The minimum absolute atomic E-state index is 0.0847. The zero-order valence-electron chi connectivity index (χ0n) is 16.7. The molecule has 0 radical (unpaired) electrons. The van der Waals surface area contributed by atoms with E-state index in [2.05, 4.69) is 20.6 Å². The van der Waals surface area contributed by atoms with E-state index in [0.717, 1.165) is 17.8 Å². The van der Waals surface area contributed by atoms with Crippen molar-refractivity contribution in [1.82, 2.24) is 20.0 Å². The third-order valence-corrected chi connectivity index (χ3v) is 5.51. The van der Waals surface area contributed by atoms with Crippen molar-refractivity contribution in [3.8, 4) is 0 Å². The number of anilines is 1. The summed E-state index contributed by atoms with van der Waals surface area (Å²) in [6.45, 7) is 3.81. The molecule has 2 aromatic rings. The van der Waals surface area contributed by atoms with Crippen LogP contribution in [0.2, 0.25) is 0 Å². The maximum absolute atomic E-state index is 13.7. The minimum atomic E-state index is -4.55. The van der Waals surface area contributed by atoms with Gasteiger partial charge in [0.1, 0.15) is 11.6 Å². The van der Waals surface area contributed by atoms with Crippen molar-refractivity contribution in [3.63, 3.8) is 0 Å². The van der Waals surface area contributed by atoms with Gasteiger partial charge in [0, 0.05) is 38.7 Å². The first-order valence-electron chi connectivity index (χ1n) is 10.1. The number of ether oxygens (including phenoxy) is 1. The fraction of sp³-hybridized carbons (Fsp3) is 0.500. The molecule has 1 aromatic heterocycles. The molecular weight excluding hydrogens is 418 g/mol. The van der Waals surface area contributed by atoms with E-state index in [0.29, 0.717) is 31.9 Å². The van der Waals surface area contributed by atoms with Crippen LogP contribution in [-0.4, -0.2) is 66.2 Å². The highest BCUT2D eigenvalue weighted by Crippen LogP contribution is 2.43. The first-order valence-corrected chi connectivity index (χ1v) is 10.1. The van der Waals surface area contributed by atoms with Crippen LogP contribution in [0.4, 0.5) is 23.4 Å². The van der Waals surface area contributed by atoms with Crippen molar-refractivity contribution in [3.05, 3.63) is 47.4 Å². The lowest BCUT2D eigenvalue weighted by molar-refractivity contribution is -0.173. The van der Waals surface area contributed by atoms with Crippen LogP contribution in [0.25, 0.3) is 0 Å². The van der Waals surface area contributed by atoms with Crippen LogP contribution in [0.3, 0.4) is 0 Å². The summed E-state index contributed by atoms with van der Waals surface area (Å²) >= 11 is 0. The van der Waals surface area contributed by atoms with Gasteiger partial charge in [-0.2, -0.15) is 18.3 Å². The number of rotatable bonds is 5. The summed E-state index contributed by atoms with van der Waals surface area (Å²) in [5.41, 5.74) is 0.443. The number of hydrogen-bond donors (Lipinski definition) is 2. The van der Waals surface area contributed by atoms with Gasteiger partial charge in [-0.1, -0.05) is 12.1 Å². The normalized spacial score (nSPS) is 21.9. The number of hydrogen-bond acceptors (Lipinski definition) is 5. The maximum atomic E-state index is 13.7. The Morgan fingerprint density at radius 1 is 1.23 bits per heavy atom. The number of morpholine rings is 1. The molecule has 0 saturated carbocycles. The summed E-state index contributed by atoms with van der Waals surface area (Å²) in [6, 6.07) is 4.05. The van der Waals surface area contributed by atoms with Crippen LogP contribution in [-0.2, 0) is 4.74 Å². The van der Waals surface area contributed by atoms with Crippen LogP contribution >= 0.6 is 0 Å². The Hall–Kier alpha value is -2.66. The maximum Gasteiger partial charge on any atom is 0.410 e. The Morgan fingerprint density at radius 3 is 2.61 bits per heavy atom. The minimum Gasteiger partial charge on any atom is -0.379 e. The van der Waals surface area contributed by atoms with Gasteiger partial charge in [0.15, 0.2) is 11.7 Å². The summed E-state index contributed by atoms with van der Waals surface area (Å²) in [6.07, 6.45) is -4.87. The fourth-order valence-corrected chi connectivity index (χ4v) is 3.84. The molecule has 168 valence electrons. The summed E-state index contributed by atoms with van der Waals surface area (Å²) in [7, 11) is 0. The number of aromatic nitrogens is 2. The Kier molecular flexibility index (Phi) is 6.15. The number of nitrogens with one attached hydrogen (secondary N) is 2. The summed E-state index contributed by atoms with van der Waals surface area (Å²) < 4.78 is 60.5. The number of benzene rings is 1. The second-order valence-corrected chi connectivity index (χ2v) is 7.61. The highest BCUT2D eigenvalue weighted by atomic mass is 19.4. The van der Waals surface area contributed by atoms with Gasteiger partial charge in [0.2, 0.25) is 0 Å². The van der Waals surface area contributed by atoms with Gasteiger partial charge in [-0.25, -0.2) is 9.07 Å². The second kappa shape index (κ2) is 8.83. The highest BCUT2D eigenvalue weighted by Gasteiger charge is 2.46. The van der Waals surface area contributed by atoms with E-state index in [1.165, 1.54) is 30.3 Å². The molecule has 7 nitrogen and oxygen atoms in total.